The fraction of sp³-hybridized carbons (Fsp3) is 0.350. The third-order valence-corrected chi connectivity index (χ3v) is 4.21. The van der Waals surface area contributed by atoms with Gasteiger partial charge in [0.15, 0.2) is 11.5 Å². The first-order chi connectivity index (χ1) is 13.8. The molecule has 1 heterocycles. The van der Waals surface area contributed by atoms with Gasteiger partial charge in [-0.05, 0) is 6.42 Å². The normalized spacial score (nSPS) is 11.6. The number of benzene rings is 1. The third-order valence-electron chi connectivity index (χ3n) is 4.21. The zero-order chi connectivity index (χ0) is 21.2. The van der Waals surface area contributed by atoms with E-state index in [9.17, 15) is 19.2 Å². The van der Waals surface area contributed by atoms with Crippen LogP contribution in [0.2, 0.25) is 0 Å². The lowest BCUT2D eigenvalue weighted by atomic mass is 10.0. The van der Waals surface area contributed by atoms with Crippen LogP contribution in [0.15, 0.2) is 40.9 Å². The average Bonchev–Trinajstić information content (AvgIpc) is 3.17. The van der Waals surface area contributed by atoms with Gasteiger partial charge in [-0.2, -0.15) is 0 Å². The quantitative estimate of drug-likeness (QED) is 0.486. The summed E-state index contributed by atoms with van der Waals surface area (Å²) >= 11 is 0. The van der Waals surface area contributed by atoms with Crippen LogP contribution in [0.4, 0.5) is 0 Å². The first-order valence-electron chi connectivity index (χ1n) is 9.18. The summed E-state index contributed by atoms with van der Waals surface area (Å²) in [6, 6.07) is 10.1. The molecule has 1 atom stereocenters. The summed E-state index contributed by atoms with van der Waals surface area (Å²) in [7, 11) is 0. The number of aromatic nitrogens is 1. The van der Waals surface area contributed by atoms with Gasteiger partial charge in [-0.1, -0.05) is 35.5 Å². The van der Waals surface area contributed by atoms with Crippen LogP contribution >= 0.6 is 0 Å². The number of carbonyl (C=O) groups is 4. The molecule has 1 aromatic carbocycles. The number of aliphatic carboxylic acids is 1. The Kier molecular flexibility index (Phi) is 8.08. The minimum Gasteiger partial charge on any atom is -0.481 e. The van der Waals surface area contributed by atoms with E-state index in [1.807, 2.05) is 30.3 Å². The molecule has 2 amide bonds. The van der Waals surface area contributed by atoms with Crippen LogP contribution in [0.3, 0.4) is 0 Å². The summed E-state index contributed by atoms with van der Waals surface area (Å²) in [4.78, 5) is 46.1. The van der Waals surface area contributed by atoms with Crippen LogP contribution < -0.4 is 11.1 Å². The highest BCUT2D eigenvalue weighted by Gasteiger charge is 2.22. The molecule has 0 aliphatic heterocycles. The van der Waals surface area contributed by atoms with Crippen molar-refractivity contribution in [3.05, 3.63) is 42.1 Å². The van der Waals surface area contributed by atoms with Gasteiger partial charge in [0.25, 0.3) is 0 Å². The summed E-state index contributed by atoms with van der Waals surface area (Å²) in [5.74, 6) is -1.98. The van der Waals surface area contributed by atoms with Crippen molar-refractivity contribution in [2.45, 2.75) is 44.6 Å². The molecule has 154 valence electrons. The molecule has 0 bridgehead atoms. The average molecular weight is 401 g/mol. The first kappa shape index (κ1) is 21.8. The third kappa shape index (κ3) is 7.57. The second kappa shape index (κ2) is 10.7. The van der Waals surface area contributed by atoms with Gasteiger partial charge in [-0.25, -0.2) is 0 Å². The number of carbonyl (C=O) groups excluding carboxylic acids is 3. The van der Waals surface area contributed by atoms with E-state index < -0.39 is 29.6 Å². The van der Waals surface area contributed by atoms with Gasteiger partial charge in [0.2, 0.25) is 11.8 Å². The fourth-order valence-corrected chi connectivity index (χ4v) is 2.68. The predicted octanol–water partition coefficient (Wildman–Crippen LogP) is 1.46. The zero-order valence-electron chi connectivity index (χ0n) is 15.8. The number of ketones is 1. The van der Waals surface area contributed by atoms with Gasteiger partial charge in [0, 0.05) is 43.7 Å². The Balaban J connectivity index is 1.90. The van der Waals surface area contributed by atoms with Crippen molar-refractivity contribution >= 4 is 23.6 Å². The Labute approximate surface area is 167 Å². The molecule has 2 rings (SSSR count). The molecule has 29 heavy (non-hydrogen) atoms. The Morgan fingerprint density at radius 3 is 2.45 bits per heavy atom. The highest BCUT2D eigenvalue weighted by Crippen LogP contribution is 2.20. The second-order valence-electron chi connectivity index (χ2n) is 6.53. The van der Waals surface area contributed by atoms with E-state index in [0.29, 0.717) is 17.9 Å². The molecule has 0 radical (unpaired) electrons. The topological polar surface area (TPSA) is 153 Å². The van der Waals surface area contributed by atoms with Crippen LogP contribution in [-0.4, -0.2) is 39.9 Å². The standard InChI is InChI=1S/C20H23N3O6/c21-18(25)9-8-16(24)15(7-11-20(27)28)22-19(26)10-6-14-12-17(29-23-14)13-4-2-1-3-5-13/h1-5,12,15H,6-11H2,(H2,21,25)(H,22,26)(H,27,28)/t15-/m0/s1. The molecular formula is C20H23N3O6. The van der Waals surface area contributed by atoms with Gasteiger partial charge in [0.05, 0.1) is 11.7 Å². The smallest absolute Gasteiger partial charge is 0.303 e. The maximum atomic E-state index is 12.2. The number of nitrogens with two attached hydrogens (primary N) is 1. The minimum absolute atomic E-state index is 0.0490. The minimum atomic E-state index is -1.08. The summed E-state index contributed by atoms with van der Waals surface area (Å²) < 4.78 is 5.28. The SMILES string of the molecule is NC(=O)CCC(=O)[C@H](CCC(=O)O)NC(=O)CCc1cc(-c2ccccc2)on1. The molecule has 0 saturated heterocycles. The van der Waals surface area contributed by atoms with Crippen molar-refractivity contribution in [2.24, 2.45) is 5.73 Å². The van der Waals surface area contributed by atoms with Gasteiger partial charge < -0.3 is 20.7 Å². The van der Waals surface area contributed by atoms with Gasteiger partial charge in [0.1, 0.15) is 0 Å². The van der Waals surface area contributed by atoms with Crippen LogP contribution in [0.25, 0.3) is 11.3 Å². The maximum Gasteiger partial charge on any atom is 0.303 e. The monoisotopic (exact) mass is 401 g/mol. The molecule has 0 aliphatic rings. The van der Waals surface area contributed by atoms with Crippen LogP contribution in [0, 0.1) is 0 Å². The number of Topliss-reactive ketones (excluding diaryl/α,β-unsaturated/α-hetero) is 1. The number of rotatable bonds is 12. The summed E-state index contributed by atoms with van der Waals surface area (Å²) in [5, 5.41) is 15.3. The predicted molar refractivity (Wildman–Crippen MR) is 102 cm³/mol. The molecule has 0 aliphatic carbocycles. The molecule has 2 aromatic rings. The molecule has 0 saturated carbocycles. The summed E-state index contributed by atoms with van der Waals surface area (Å²) in [5.41, 5.74) is 6.48. The number of hydrogen-bond acceptors (Lipinski definition) is 6. The van der Waals surface area contributed by atoms with E-state index in [1.165, 1.54) is 0 Å². The highest BCUT2D eigenvalue weighted by atomic mass is 16.5. The van der Waals surface area contributed by atoms with E-state index in [4.69, 9.17) is 15.4 Å². The maximum absolute atomic E-state index is 12.2. The molecule has 0 spiro atoms. The Bertz CT molecular complexity index is 862. The number of nitrogens with one attached hydrogen (secondary N) is 1. The van der Waals surface area contributed by atoms with E-state index in [2.05, 4.69) is 10.5 Å². The zero-order valence-corrected chi connectivity index (χ0v) is 15.8. The Hall–Kier alpha value is -3.49. The van der Waals surface area contributed by atoms with Gasteiger partial charge >= 0.3 is 5.97 Å². The van der Waals surface area contributed by atoms with E-state index in [-0.39, 0.29) is 32.1 Å². The number of aryl methyl sites for hydroxylation is 1. The van der Waals surface area contributed by atoms with Crippen molar-refractivity contribution in [3.63, 3.8) is 0 Å². The number of carboxylic acid groups (broad SMARTS) is 1. The molecule has 9 heteroatoms. The van der Waals surface area contributed by atoms with Crippen molar-refractivity contribution in [2.75, 3.05) is 0 Å². The van der Waals surface area contributed by atoms with Gasteiger partial charge in [-0.15, -0.1) is 0 Å². The second-order valence-corrected chi connectivity index (χ2v) is 6.53. The molecule has 0 unspecified atom stereocenters. The lowest BCUT2D eigenvalue weighted by Gasteiger charge is -2.16. The van der Waals surface area contributed by atoms with Crippen molar-refractivity contribution in [1.29, 1.82) is 0 Å². The number of amides is 2. The Morgan fingerprint density at radius 1 is 1.07 bits per heavy atom. The molecule has 0 fully saturated rings. The van der Waals surface area contributed by atoms with E-state index >= 15 is 0 Å². The molecular weight excluding hydrogens is 378 g/mol. The number of carboxylic acids is 1. The summed E-state index contributed by atoms with van der Waals surface area (Å²) in [6.45, 7) is 0. The lowest BCUT2D eigenvalue weighted by molar-refractivity contribution is -0.138. The molecule has 4 N–H and O–H groups in total. The Morgan fingerprint density at radius 2 is 1.79 bits per heavy atom. The van der Waals surface area contributed by atoms with E-state index in [0.717, 1.165) is 5.56 Å². The fourth-order valence-electron chi connectivity index (χ4n) is 2.68. The highest BCUT2D eigenvalue weighted by molar-refractivity contribution is 5.91. The summed E-state index contributed by atoms with van der Waals surface area (Å²) in [6.07, 6.45) is -0.294. The van der Waals surface area contributed by atoms with Crippen molar-refractivity contribution < 1.29 is 28.8 Å². The lowest BCUT2D eigenvalue weighted by Crippen LogP contribution is -2.41. The van der Waals surface area contributed by atoms with Gasteiger partial charge in [-0.3, -0.25) is 19.2 Å². The van der Waals surface area contributed by atoms with E-state index in [1.54, 1.807) is 6.07 Å². The van der Waals surface area contributed by atoms with Crippen LogP contribution in [-0.2, 0) is 25.6 Å². The van der Waals surface area contributed by atoms with Crippen molar-refractivity contribution in [3.8, 4) is 11.3 Å². The molecule has 9 nitrogen and oxygen atoms in total. The molecule has 1 aromatic heterocycles. The first-order valence-corrected chi connectivity index (χ1v) is 9.18. The van der Waals surface area contributed by atoms with Crippen LogP contribution in [0.5, 0.6) is 0 Å². The van der Waals surface area contributed by atoms with Crippen molar-refractivity contribution in [1.82, 2.24) is 10.5 Å². The number of primary amides is 1. The van der Waals surface area contributed by atoms with Crippen LogP contribution in [0.1, 0.15) is 37.8 Å². The largest absolute Gasteiger partial charge is 0.481 e. The number of hydrogen-bond donors (Lipinski definition) is 3. The number of nitrogens with zero attached hydrogens (tertiary/aromatic N) is 1.